The van der Waals surface area contributed by atoms with Crippen LogP contribution < -0.4 is 4.74 Å². The number of alkyl halides is 5. The number of nitro groups is 2. The number of ether oxygens (including phenoxy) is 3. The van der Waals surface area contributed by atoms with E-state index in [0.29, 0.717) is 49.7 Å². The fourth-order valence-electron chi connectivity index (χ4n) is 4.49. The Morgan fingerprint density at radius 1 is 0.720 bits per heavy atom. The van der Waals surface area contributed by atoms with Gasteiger partial charge in [-0.05, 0) is 86.4 Å². The Balaban J connectivity index is 1.33. The summed E-state index contributed by atoms with van der Waals surface area (Å²) in [6, 6.07) is 13.3. The third-order valence-electron chi connectivity index (χ3n) is 7.08. The minimum atomic E-state index is -4.21. The number of carbonyl (C=O) groups excluding carboxylic acids is 2. The Kier molecular flexibility index (Phi) is 14.3. The topological polar surface area (TPSA) is 148 Å². The summed E-state index contributed by atoms with van der Waals surface area (Å²) in [5.74, 6) is -1.69. The van der Waals surface area contributed by atoms with Gasteiger partial charge in [-0.2, -0.15) is 22.0 Å². The van der Waals surface area contributed by atoms with E-state index in [1.165, 1.54) is 42.5 Å². The quantitative estimate of drug-likeness (QED) is 0.0297. The van der Waals surface area contributed by atoms with E-state index in [-0.39, 0.29) is 30.9 Å². The summed E-state index contributed by atoms with van der Waals surface area (Å²) in [4.78, 5) is 44.4. The zero-order valence-corrected chi connectivity index (χ0v) is 26.5. The summed E-state index contributed by atoms with van der Waals surface area (Å²) in [6.45, 7) is 0.0724. The van der Waals surface area contributed by atoms with Gasteiger partial charge in [0.1, 0.15) is 5.75 Å². The minimum Gasteiger partial charge on any atom is -0.463 e. The summed E-state index contributed by atoms with van der Waals surface area (Å²) in [6.07, 6.45) is -3.41. The second kappa shape index (κ2) is 18.4. The van der Waals surface area contributed by atoms with Crippen LogP contribution in [0.5, 0.6) is 5.75 Å². The van der Waals surface area contributed by atoms with Crippen LogP contribution in [0.1, 0.15) is 72.0 Å². The first-order chi connectivity index (χ1) is 23.6. The van der Waals surface area contributed by atoms with Crippen LogP contribution in [-0.2, 0) is 26.8 Å². The van der Waals surface area contributed by atoms with Gasteiger partial charge >= 0.3 is 24.2 Å². The van der Waals surface area contributed by atoms with Crippen molar-refractivity contribution >= 4 is 29.4 Å². The average Bonchev–Trinajstić information content (AvgIpc) is 3.06. The van der Waals surface area contributed by atoms with Crippen LogP contribution in [0, 0.1) is 20.2 Å². The molecule has 0 aliphatic heterocycles. The number of nitrogens with zero attached hydrogens (tertiary/aromatic N) is 2. The molecule has 0 saturated carbocycles. The van der Waals surface area contributed by atoms with Crippen molar-refractivity contribution in [2.45, 2.75) is 63.7 Å². The molecule has 50 heavy (non-hydrogen) atoms. The van der Waals surface area contributed by atoms with Crippen LogP contribution >= 0.6 is 0 Å². The largest absolute Gasteiger partial charge is 0.463 e. The summed E-state index contributed by atoms with van der Waals surface area (Å²) in [5, 5.41) is 21.9. The summed E-state index contributed by atoms with van der Waals surface area (Å²) < 4.78 is 81.2. The van der Waals surface area contributed by atoms with E-state index < -0.39 is 57.4 Å². The Morgan fingerprint density at radius 3 is 1.86 bits per heavy atom. The van der Waals surface area contributed by atoms with Gasteiger partial charge in [0.15, 0.2) is 0 Å². The molecule has 0 radical (unpaired) electrons. The fourth-order valence-corrected chi connectivity index (χ4v) is 4.49. The van der Waals surface area contributed by atoms with E-state index in [4.69, 9.17) is 14.2 Å². The Bertz CT molecular complexity index is 1610. The highest BCUT2D eigenvalue weighted by Gasteiger charge is 2.34. The van der Waals surface area contributed by atoms with Crippen molar-refractivity contribution in [1.82, 2.24) is 0 Å². The molecule has 0 N–H and O–H groups in total. The van der Waals surface area contributed by atoms with Crippen molar-refractivity contribution in [3.8, 4) is 5.75 Å². The second-order valence-electron chi connectivity index (χ2n) is 11.0. The molecule has 0 fully saturated rings. The predicted molar refractivity (Wildman–Crippen MR) is 170 cm³/mol. The molecule has 0 amide bonds. The number of esters is 2. The summed E-state index contributed by atoms with van der Waals surface area (Å²) in [7, 11) is 0. The van der Waals surface area contributed by atoms with E-state index in [1.807, 2.05) is 0 Å². The number of unbranched alkanes of at least 4 members (excludes halogenated alkanes) is 4. The van der Waals surface area contributed by atoms with Gasteiger partial charge < -0.3 is 14.2 Å². The molecule has 0 aromatic heterocycles. The van der Waals surface area contributed by atoms with E-state index in [0.717, 1.165) is 36.4 Å². The number of benzene rings is 3. The third kappa shape index (κ3) is 13.6. The van der Waals surface area contributed by atoms with Gasteiger partial charge in [0, 0.05) is 24.6 Å². The van der Waals surface area contributed by atoms with Crippen molar-refractivity contribution in [2.75, 3.05) is 13.2 Å². The lowest BCUT2D eigenvalue weighted by Crippen LogP contribution is -2.21. The number of hydrogen-bond acceptors (Lipinski definition) is 9. The maximum absolute atomic E-state index is 14.7. The average molecular weight is 709 g/mol. The van der Waals surface area contributed by atoms with Crippen molar-refractivity contribution in [1.29, 1.82) is 0 Å². The van der Waals surface area contributed by atoms with Gasteiger partial charge in [0.25, 0.3) is 11.4 Å². The number of non-ortho nitro benzene ring substituents is 2. The van der Waals surface area contributed by atoms with Crippen LogP contribution in [0.4, 0.5) is 33.3 Å². The molecule has 3 aromatic rings. The normalized spacial score (nSPS) is 11.7. The Labute approximate surface area is 282 Å². The first-order valence-electron chi connectivity index (χ1n) is 15.4. The van der Waals surface area contributed by atoms with Crippen LogP contribution in [0.3, 0.4) is 0 Å². The lowest BCUT2D eigenvalue weighted by atomic mass is 10.1. The van der Waals surface area contributed by atoms with E-state index in [1.54, 1.807) is 0 Å². The van der Waals surface area contributed by atoms with Gasteiger partial charge in [0.05, 0.1) is 40.3 Å². The van der Waals surface area contributed by atoms with Crippen molar-refractivity contribution in [2.24, 2.45) is 0 Å². The number of nitro benzene ring substituents is 2. The smallest absolute Gasteiger partial charge is 0.426 e. The monoisotopic (exact) mass is 708 g/mol. The summed E-state index contributed by atoms with van der Waals surface area (Å²) in [5.41, 5.74) is -0.807. The first-order valence-corrected chi connectivity index (χ1v) is 15.4. The van der Waals surface area contributed by atoms with E-state index in [2.05, 4.69) is 0 Å². The number of halogens is 5. The zero-order valence-electron chi connectivity index (χ0n) is 26.5. The molecule has 0 aliphatic carbocycles. The molecule has 0 unspecified atom stereocenters. The molecule has 3 aromatic carbocycles. The molecule has 11 nitrogen and oxygen atoms in total. The van der Waals surface area contributed by atoms with Crippen LogP contribution in [0.25, 0.3) is 6.08 Å². The lowest BCUT2D eigenvalue weighted by Gasteiger charge is -2.18. The molecule has 0 atom stereocenters. The Morgan fingerprint density at radius 2 is 1.30 bits per heavy atom. The second-order valence-corrected chi connectivity index (χ2v) is 11.0. The standard InChI is InChI=1S/C34H33F5N2O9/c35-33(36,37)18-4-3-7-24-10-15-30(16-11-24)50-34(38,39)27-13-8-25(9-14-27)12-17-31(42)48-19-5-1-2-6-20-49-32(43)26-21-28(40(44)45)23-29(22-26)41(46)47/h8-17,21-23H,1-7,18-20H2. The van der Waals surface area contributed by atoms with Gasteiger partial charge in [-0.3, -0.25) is 20.2 Å². The number of hydrogen-bond donors (Lipinski definition) is 0. The molecule has 16 heteroatoms. The van der Waals surface area contributed by atoms with Gasteiger partial charge in [-0.25, -0.2) is 9.59 Å². The molecule has 0 saturated heterocycles. The lowest BCUT2D eigenvalue weighted by molar-refractivity contribution is -0.394. The molecule has 0 aliphatic rings. The van der Waals surface area contributed by atoms with Crippen molar-refractivity contribution in [3.05, 3.63) is 115 Å². The molecule has 0 spiro atoms. The van der Waals surface area contributed by atoms with Crippen molar-refractivity contribution < 1.29 is 55.6 Å². The fraction of sp³-hybridized carbons (Fsp3) is 0.353. The maximum Gasteiger partial charge on any atom is 0.426 e. The molecule has 0 heterocycles. The molecule has 3 rings (SSSR count). The number of aryl methyl sites for hydroxylation is 1. The molecule has 268 valence electrons. The maximum atomic E-state index is 14.7. The molecule has 0 bridgehead atoms. The van der Waals surface area contributed by atoms with E-state index in [9.17, 15) is 51.8 Å². The molecular formula is C34H33F5N2O9. The predicted octanol–water partition coefficient (Wildman–Crippen LogP) is 8.88. The van der Waals surface area contributed by atoms with Crippen LogP contribution in [-0.4, -0.2) is 41.2 Å². The summed E-state index contributed by atoms with van der Waals surface area (Å²) >= 11 is 0. The van der Waals surface area contributed by atoms with Crippen LogP contribution in [0.15, 0.2) is 72.8 Å². The van der Waals surface area contributed by atoms with E-state index >= 15 is 0 Å². The highest BCUT2D eigenvalue weighted by molar-refractivity contribution is 5.91. The van der Waals surface area contributed by atoms with Crippen molar-refractivity contribution in [3.63, 3.8) is 0 Å². The number of rotatable bonds is 19. The third-order valence-corrected chi connectivity index (χ3v) is 7.08. The van der Waals surface area contributed by atoms with Gasteiger partial charge in [-0.15, -0.1) is 0 Å². The molecular weight excluding hydrogens is 675 g/mol. The highest BCUT2D eigenvalue weighted by Crippen LogP contribution is 2.32. The van der Waals surface area contributed by atoms with Gasteiger partial charge in [-0.1, -0.05) is 24.3 Å². The zero-order chi connectivity index (χ0) is 36.7. The van der Waals surface area contributed by atoms with Crippen LogP contribution in [0.2, 0.25) is 0 Å². The Hall–Kier alpha value is -5.41. The van der Waals surface area contributed by atoms with Gasteiger partial charge in [0.2, 0.25) is 0 Å². The number of carbonyl (C=O) groups is 2. The first kappa shape index (κ1) is 39.0. The minimum absolute atomic E-state index is 0.0201. The SMILES string of the molecule is O=C(C=Cc1ccc(C(F)(F)Oc2ccc(CCCCC(F)(F)F)cc2)cc1)OCCCCCCOC(=O)c1cc([N+](=O)[O-])cc([N+](=O)[O-])c1. The highest BCUT2D eigenvalue weighted by atomic mass is 19.4.